The van der Waals surface area contributed by atoms with Crippen LogP contribution in [0.4, 0.5) is 5.88 Å². The van der Waals surface area contributed by atoms with Crippen molar-refractivity contribution >= 4 is 15.9 Å². The van der Waals surface area contributed by atoms with Crippen LogP contribution < -0.4 is 4.72 Å². The van der Waals surface area contributed by atoms with E-state index < -0.39 is 10.0 Å². The Morgan fingerprint density at radius 3 is 2.39 bits per heavy atom. The van der Waals surface area contributed by atoms with Crippen molar-refractivity contribution in [2.24, 2.45) is 0 Å². The fraction of sp³-hybridized carbons (Fsp3) is 0.370. The van der Waals surface area contributed by atoms with Gasteiger partial charge in [-0.3, -0.25) is 0 Å². The number of rotatable bonds is 11. The maximum Gasteiger partial charge on any atom is 0.264 e. The summed E-state index contributed by atoms with van der Waals surface area (Å²) in [5.41, 5.74) is 5.16. The minimum Gasteiger partial charge on any atom is -0.337 e. The first-order valence-corrected chi connectivity index (χ1v) is 13.1. The van der Waals surface area contributed by atoms with Gasteiger partial charge in [0.25, 0.3) is 10.0 Å². The van der Waals surface area contributed by atoms with Gasteiger partial charge >= 0.3 is 0 Å². The highest BCUT2D eigenvalue weighted by Crippen LogP contribution is 2.36. The summed E-state index contributed by atoms with van der Waals surface area (Å²) in [7, 11) is -3.88. The quantitative estimate of drug-likeness (QED) is 0.237. The van der Waals surface area contributed by atoms with E-state index >= 15 is 0 Å². The first-order valence-electron chi connectivity index (χ1n) is 11.6. The average Bonchev–Trinajstić information content (AvgIpc) is 3.11. The summed E-state index contributed by atoms with van der Waals surface area (Å²) < 4.78 is 34.4. The molecule has 1 aromatic heterocycles. The van der Waals surface area contributed by atoms with Gasteiger partial charge < -0.3 is 4.52 Å². The van der Waals surface area contributed by atoms with Crippen LogP contribution in [-0.4, -0.2) is 13.6 Å². The molecule has 0 aliphatic rings. The van der Waals surface area contributed by atoms with Gasteiger partial charge in [0, 0.05) is 17.0 Å². The maximum absolute atomic E-state index is 13.3. The van der Waals surface area contributed by atoms with Crippen molar-refractivity contribution in [1.29, 1.82) is 0 Å². The Kier molecular flexibility index (Phi) is 8.14. The zero-order valence-electron chi connectivity index (χ0n) is 20.0. The minimum absolute atomic E-state index is 0.145. The van der Waals surface area contributed by atoms with Gasteiger partial charge in [0.05, 0.1) is 10.6 Å². The predicted octanol–water partition coefficient (Wildman–Crippen LogP) is 7.31. The van der Waals surface area contributed by atoms with Crippen molar-refractivity contribution < 1.29 is 12.9 Å². The lowest BCUT2D eigenvalue weighted by Crippen LogP contribution is -2.14. The molecule has 1 heterocycles. The van der Waals surface area contributed by atoms with Gasteiger partial charge in [0.1, 0.15) is 0 Å². The second-order valence-corrected chi connectivity index (χ2v) is 10.2. The molecule has 0 spiro atoms. The first kappa shape index (κ1) is 24.8. The summed E-state index contributed by atoms with van der Waals surface area (Å²) in [6.07, 6.45) is 7.87. The predicted molar refractivity (Wildman–Crippen MR) is 135 cm³/mol. The number of nitrogens with zero attached hydrogens (tertiary/aromatic N) is 1. The molecule has 3 aromatic rings. The van der Waals surface area contributed by atoms with E-state index in [1.807, 2.05) is 30.3 Å². The topological polar surface area (TPSA) is 72.2 Å². The molecule has 0 bridgehead atoms. The van der Waals surface area contributed by atoms with Gasteiger partial charge in [-0.1, -0.05) is 80.2 Å². The van der Waals surface area contributed by atoms with Crippen molar-refractivity contribution in [2.75, 3.05) is 4.72 Å². The first-order chi connectivity index (χ1) is 15.8. The van der Waals surface area contributed by atoms with Gasteiger partial charge in [-0.2, -0.15) is 0 Å². The smallest absolute Gasteiger partial charge is 0.264 e. The SMILES string of the molecule is C=CC(CCCCCC)c1cccc(-c2ccccc2S(=O)(=O)Nc2onc(C)c2C)c1C. The monoisotopic (exact) mass is 466 g/mol. The molecule has 1 N–H and O–H groups in total. The summed E-state index contributed by atoms with van der Waals surface area (Å²) in [5.74, 6) is 0.384. The Morgan fingerprint density at radius 2 is 1.73 bits per heavy atom. The number of hydrogen-bond donors (Lipinski definition) is 1. The summed E-state index contributed by atoms with van der Waals surface area (Å²) >= 11 is 0. The van der Waals surface area contributed by atoms with E-state index in [0.29, 0.717) is 16.8 Å². The van der Waals surface area contributed by atoms with E-state index in [-0.39, 0.29) is 16.7 Å². The Balaban J connectivity index is 1.99. The highest BCUT2D eigenvalue weighted by atomic mass is 32.2. The van der Waals surface area contributed by atoms with E-state index in [4.69, 9.17) is 4.52 Å². The summed E-state index contributed by atoms with van der Waals surface area (Å²) in [6.45, 7) is 11.9. The molecule has 0 aliphatic heterocycles. The standard InChI is InChI=1S/C27H34N2O3S/c1-6-8-9-10-14-22(7-2)23-16-13-17-24(20(23)4)25-15-11-12-18-26(25)33(30,31)29-27-19(3)21(5)28-32-27/h7,11-13,15-18,22,29H,2,6,8-10,14H2,1,3-5H3. The molecule has 0 saturated carbocycles. The summed E-state index contributed by atoms with van der Waals surface area (Å²) in [4.78, 5) is 0.205. The Bertz CT molecular complexity index is 1210. The van der Waals surface area contributed by atoms with Crippen molar-refractivity contribution in [3.05, 3.63) is 77.5 Å². The number of unbranched alkanes of at least 4 members (excludes halogenated alkanes) is 3. The van der Waals surface area contributed by atoms with E-state index in [9.17, 15) is 8.42 Å². The largest absolute Gasteiger partial charge is 0.337 e. The Morgan fingerprint density at radius 1 is 1.00 bits per heavy atom. The molecule has 0 fully saturated rings. The van der Waals surface area contributed by atoms with E-state index in [1.54, 1.807) is 26.0 Å². The number of sulfonamides is 1. The van der Waals surface area contributed by atoms with Crippen molar-refractivity contribution in [1.82, 2.24) is 5.16 Å². The number of aryl methyl sites for hydroxylation is 1. The molecule has 0 saturated heterocycles. The van der Waals surface area contributed by atoms with Crippen LogP contribution in [0, 0.1) is 20.8 Å². The number of hydrogen-bond acceptors (Lipinski definition) is 4. The molecular formula is C27H34N2O3S. The Hall–Kier alpha value is -2.86. The number of anilines is 1. The van der Waals surface area contributed by atoms with Gasteiger partial charge in [0.2, 0.25) is 5.88 Å². The van der Waals surface area contributed by atoms with Crippen molar-refractivity contribution in [2.45, 2.75) is 70.6 Å². The van der Waals surface area contributed by atoms with Crippen molar-refractivity contribution in [3.8, 4) is 11.1 Å². The molecule has 1 unspecified atom stereocenters. The average molecular weight is 467 g/mol. The third-order valence-electron chi connectivity index (χ3n) is 6.28. The van der Waals surface area contributed by atoms with Gasteiger partial charge in [0.15, 0.2) is 0 Å². The van der Waals surface area contributed by atoms with Crippen LogP contribution in [-0.2, 0) is 10.0 Å². The summed E-state index contributed by atoms with van der Waals surface area (Å²) in [5, 5.41) is 3.85. The molecular weight excluding hydrogens is 432 g/mol. The van der Waals surface area contributed by atoms with Gasteiger partial charge in [-0.05, 0) is 49.9 Å². The lowest BCUT2D eigenvalue weighted by molar-refractivity contribution is 0.430. The fourth-order valence-corrected chi connectivity index (χ4v) is 5.42. The molecule has 0 amide bonds. The van der Waals surface area contributed by atoms with Gasteiger partial charge in [-0.15, -0.1) is 6.58 Å². The third-order valence-corrected chi connectivity index (χ3v) is 7.67. The molecule has 1 atom stereocenters. The molecule has 6 heteroatoms. The molecule has 33 heavy (non-hydrogen) atoms. The van der Waals surface area contributed by atoms with E-state index in [0.717, 1.165) is 24.0 Å². The van der Waals surface area contributed by atoms with Crippen LogP contribution in [0.25, 0.3) is 11.1 Å². The molecule has 2 aromatic carbocycles. The minimum atomic E-state index is -3.88. The second kappa shape index (κ2) is 10.8. The number of nitrogens with one attached hydrogen (secondary N) is 1. The summed E-state index contributed by atoms with van der Waals surface area (Å²) in [6, 6.07) is 13.2. The zero-order chi connectivity index (χ0) is 24.0. The second-order valence-electron chi connectivity index (χ2n) is 8.54. The third kappa shape index (κ3) is 5.56. The number of benzene rings is 2. The van der Waals surface area contributed by atoms with Gasteiger partial charge in [-0.25, -0.2) is 13.1 Å². The fourth-order valence-electron chi connectivity index (χ4n) is 4.15. The van der Waals surface area contributed by atoms with Crippen LogP contribution >= 0.6 is 0 Å². The maximum atomic E-state index is 13.3. The lowest BCUT2D eigenvalue weighted by Gasteiger charge is -2.20. The normalized spacial score (nSPS) is 12.5. The highest BCUT2D eigenvalue weighted by molar-refractivity contribution is 7.92. The zero-order valence-corrected chi connectivity index (χ0v) is 20.8. The molecule has 0 radical (unpaired) electrons. The lowest BCUT2D eigenvalue weighted by atomic mass is 9.86. The number of aromatic nitrogens is 1. The molecule has 176 valence electrons. The van der Waals surface area contributed by atoms with Crippen LogP contribution in [0.3, 0.4) is 0 Å². The molecule has 3 rings (SSSR count). The van der Waals surface area contributed by atoms with Crippen LogP contribution in [0.2, 0.25) is 0 Å². The Labute approximate surface area is 198 Å². The van der Waals surface area contributed by atoms with Crippen LogP contribution in [0.1, 0.15) is 67.3 Å². The highest BCUT2D eigenvalue weighted by Gasteiger charge is 2.24. The van der Waals surface area contributed by atoms with Crippen LogP contribution in [0.5, 0.6) is 0 Å². The van der Waals surface area contributed by atoms with Crippen LogP contribution in [0.15, 0.2) is 64.5 Å². The molecule has 5 nitrogen and oxygen atoms in total. The van der Waals surface area contributed by atoms with E-state index in [2.05, 4.69) is 36.4 Å². The van der Waals surface area contributed by atoms with Crippen molar-refractivity contribution in [3.63, 3.8) is 0 Å². The number of allylic oxidation sites excluding steroid dienone is 1. The molecule has 0 aliphatic carbocycles. The van der Waals surface area contributed by atoms with E-state index in [1.165, 1.54) is 24.8 Å².